The second-order valence-electron chi connectivity index (χ2n) is 6.16. The van der Waals surface area contributed by atoms with Gasteiger partial charge in [0, 0.05) is 24.3 Å². The monoisotopic (exact) mass is 367 g/mol. The lowest BCUT2D eigenvalue weighted by molar-refractivity contribution is -0.132. The van der Waals surface area contributed by atoms with Crippen molar-refractivity contribution in [3.8, 4) is 0 Å². The van der Waals surface area contributed by atoms with E-state index in [-0.39, 0.29) is 5.78 Å². The van der Waals surface area contributed by atoms with Crippen LogP contribution in [0.4, 0.5) is 17.1 Å². The zero-order valence-corrected chi connectivity index (χ0v) is 15.0. The summed E-state index contributed by atoms with van der Waals surface area (Å²) < 4.78 is 5.36. The summed E-state index contributed by atoms with van der Waals surface area (Å²) in [5.74, 6) is -1.69. The molecule has 0 radical (unpaired) electrons. The van der Waals surface area contributed by atoms with Crippen LogP contribution < -0.4 is 15.5 Å². The highest BCUT2D eigenvalue weighted by Gasteiger charge is 2.19. The molecule has 1 fully saturated rings. The van der Waals surface area contributed by atoms with E-state index in [1.165, 1.54) is 13.0 Å². The Morgan fingerprint density at radius 3 is 2.37 bits per heavy atom. The maximum Gasteiger partial charge on any atom is 0.314 e. The van der Waals surface area contributed by atoms with Gasteiger partial charge in [-0.3, -0.25) is 14.4 Å². The Balaban J connectivity index is 1.69. The SMILES string of the molecule is CC(=O)c1cccc(NC(=O)C(=O)Nc2ccccc2N2CCOCC2)c1. The minimum atomic E-state index is -0.799. The number of rotatable bonds is 4. The molecule has 1 aliphatic rings. The minimum Gasteiger partial charge on any atom is -0.378 e. The molecule has 27 heavy (non-hydrogen) atoms. The van der Waals surface area contributed by atoms with Crippen molar-refractivity contribution in [3.05, 3.63) is 54.1 Å². The van der Waals surface area contributed by atoms with E-state index in [0.29, 0.717) is 30.2 Å². The number of nitrogens with zero attached hydrogens (tertiary/aromatic N) is 1. The molecular formula is C20H21N3O4. The van der Waals surface area contributed by atoms with E-state index in [1.807, 2.05) is 12.1 Å². The van der Waals surface area contributed by atoms with Gasteiger partial charge >= 0.3 is 11.8 Å². The first kappa shape index (κ1) is 18.6. The molecule has 2 aromatic rings. The van der Waals surface area contributed by atoms with Crippen LogP contribution in [0, 0.1) is 0 Å². The van der Waals surface area contributed by atoms with Gasteiger partial charge < -0.3 is 20.3 Å². The van der Waals surface area contributed by atoms with Crippen LogP contribution in [0.25, 0.3) is 0 Å². The molecule has 1 aliphatic heterocycles. The third-order valence-corrected chi connectivity index (χ3v) is 4.24. The topological polar surface area (TPSA) is 87.7 Å². The lowest BCUT2D eigenvalue weighted by Gasteiger charge is -2.30. The summed E-state index contributed by atoms with van der Waals surface area (Å²) in [6, 6.07) is 13.8. The Labute approximate surface area is 157 Å². The van der Waals surface area contributed by atoms with Gasteiger partial charge in [0.15, 0.2) is 5.78 Å². The first-order valence-corrected chi connectivity index (χ1v) is 8.69. The molecule has 7 nitrogen and oxygen atoms in total. The summed E-state index contributed by atoms with van der Waals surface area (Å²) in [5.41, 5.74) is 2.27. The van der Waals surface area contributed by atoms with Gasteiger partial charge in [-0.25, -0.2) is 0 Å². The van der Waals surface area contributed by atoms with E-state index in [9.17, 15) is 14.4 Å². The van der Waals surface area contributed by atoms with Gasteiger partial charge in [-0.15, -0.1) is 0 Å². The van der Waals surface area contributed by atoms with Crippen molar-refractivity contribution in [3.63, 3.8) is 0 Å². The van der Waals surface area contributed by atoms with Crippen LogP contribution in [0.1, 0.15) is 17.3 Å². The number of ether oxygens (including phenoxy) is 1. The van der Waals surface area contributed by atoms with Gasteiger partial charge in [-0.1, -0.05) is 24.3 Å². The van der Waals surface area contributed by atoms with Crippen molar-refractivity contribution in [2.24, 2.45) is 0 Å². The van der Waals surface area contributed by atoms with Crippen LogP contribution in [-0.2, 0) is 14.3 Å². The number of amides is 2. The molecule has 1 heterocycles. The molecule has 2 N–H and O–H groups in total. The maximum absolute atomic E-state index is 12.3. The number of Topliss-reactive ketones (excluding diaryl/α,β-unsaturated/α-hetero) is 1. The van der Waals surface area contributed by atoms with E-state index >= 15 is 0 Å². The van der Waals surface area contributed by atoms with Gasteiger partial charge in [0.2, 0.25) is 0 Å². The molecule has 0 spiro atoms. The zero-order valence-electron chi connectivity index (χ0n) is 15.0. The number of ketones is 1. The summed E-state index contributed by atoms with van der Waals surface area (Å²) >= 11 is 0. The second-order valence-corrected chi connectivity index (χ2v) is 6.16. The first-order chi connectivity index (χ1) is 13.0. The number of morpholine rings is 1. The van der Waals surface area contributed by atoms with Gasteiger partial charge in [-0.05, 0) is 31.2 Å². The number of hydrogen-bond donors (Lipinski definition) is 2. The van der Waals surface area contributed by atoms with E-state index in [1.54, 1.807) is 30.3 Å². The molecule has 0 saturated carbocycles. The van der Waals surface area contributed by atoms with E-state index in [2.05, 4.69) is 15.5 Å². The summed E-state index contributed by atoms with van der Waals surface area (Å²) in [7, 11) is 0. The Morgan fingerprint density at radius 2 is 1.63 bits per heavy atom. The lowest BCUT2D eigenvalue weighted by Crippen LogP contribution is -2.37. The number of para-hydroxylation sites is 2. The number of nitrogens with one attached hydrogen (secondary N) is 2. The Kier molecular flexibility index (Phi) is 5.83. The molecule has 0 unspecified atom stereocenters. The van der Waals surface area contributed by atoms with Crippen LogP contribution in [0.3, 0.4) is 0 Å². The number of carbonyl (C=O) groups is 3. The third-order valence-electron chi connectivity index (χ3n) is 4.24. The normalized spacial score (nSPS) is 13.7. The van der Waals surface area contributed by atoms with E-state index in [4.69, 9.17) is 4.74 Å². The predicted molar refractivity (Wildman–Crippen MR) is 103 cm³/mol. The summed E-state index contributed by atoms with van der Waals surface area (Å²) in [5, 5.41) is 5.18. The third kappa shape index (κ3) is 4.71. The fraction of sp³-hybridized carbons (Fsp3) is 0.250. The van der Waals surface area contributed by atoms with E-state index < -0.39 is 11.8 Å². The molecule has 2 aromatic carbocycles. The molecule has 1 saturated heterocycles. The summed E-state index contributed by atoms with van der Waals surface area (Å²) in [6.45, 7) is 4.12. The van der Waals surface area contributed by atoms with Crippen LogP contribution in [-0.4, -0.2) is 43.9 Å². The fourth-order valence-corrected chi connectivity index (χ4v) is 2.84. The quantitative estimate of drug-likeness (QED) is 0.640. The van der Waals surface area contributed by atoms with Crippen molar-refractivity contribution in [1.82, 2.24) is 0 Å². The Morgan fingerprint density at radius 1 is 0.926 bits per heavy atom. The molecular weight excluding hydrogens is 346 g/mol. The molecule has 0 aliphatic carbocycles. The highest BCUT2D eigenvalue weighted by Crippen LogP contribution is 2.26. The smallest absolute Gasteiger partial charge is 0.314 e. The molecule has 0 aromatic heterocycles. The Hall–Kier alpha value is -3.19. The average Bonchev–Trinajstić information content (AvgIpc) is 2.69. The summed E-state index contributed by atoms with van der Waals surface area (Å²) in [6.07, 6.45) is 0. The highest BCUT2D eigenvalue weighted by atomic mass is 16.5. The van der Waals surface area contributed by atoms with Crippen molar-refractivity contribution in [2.75, 3.05) is 41.8 Å². The Bertz CT molecular complexity index is 860. The predicted octanol–water partition coefficient (Wildman–Crippen LogP) is 2.30. The minimum absolute atomic E-state index is 0.116. The van der Waals surface area contributed by atoms with Crippen molar-refractivity contribution in [1.29, 1.82) is 0 Å². The van der Waals surface area contributed by atoms with Crippen LogP contribution in [0.15, 0.2) is 48.5 Å². The van der Waals surface area contributed by atoms with E-state index in [0.717, 1.165) is 18.8 Å². The number of benzene rings is 2. The van der Waals surface area contributed by atoms with Gasteiger partial charge in [-0.2, -0.15) is 0 Å². The molecule has 7 heteroatoms. The first-order valence-electron chi connectivity index (χ1n) is 8.69. The van der Waals surface area contributed by atoms with Crippen LogP contribution >= 0.6 is 0 Å². The fourth-order valence-electron chi connectivity index (χ4n) is 2.84. The van der Waals surface area contributed by atoms with Gasteiger partial charge in [0.25, 0.3) is 0 Å². The summed E-state index contributed by atoms with van der Waals surface area (Å²) in [4.78, 5) is 38.1. The standard InChI is InChI=1S/C20H21N3O4/c1-14(24)15-5-4-6-16(13-15)21-19(25)20(26)22-17-7-2-3-8-18(17)23-9-11-27-12-10-23/h2-8,13H,9-12H2,1H3,(H,21,25)(H,22,26). The van der Waals surface area contributed by atoms with Crippen LogP contribution in [0.2, 0.25) is 0 Å². The van der Waals surface area contributed by atoms with Gasteiger partial charge in [0.1, 0.15) is 0 Å². The molecule has 2 amide bonds. The van der Waals surface area contributed by atoms with Gasteiger partial charge in [0.05, 0.1) is 24.6 Å². The van der Waals surface area contributed by atoms with Crippen LogP contribution in [0.5, 0.6) is 0 Å². The largest absolute Gasteiger partial charge is 0.378 e. The second kappa shape index (κ2) is 8.46. The maximum atomic E-state index is 12.3. The number of anilines is 3. The molecule has 0 atom stereocenters. The number of hydrogen-bond acceptors (Lipinski definition) is 5. The lowest BCUT2D eigenvalue weighted by atomic mass is 10.1. The van der Waals surface area contributed by atoms with Crippen molar-refractivity contribution >= 4 is 34.7 Å². The highest BCUT2D eigenvalue weighted by molar-refractivity contribution is 6.44. The molecule has 140 valence electrons. The van der Waals surface area contributed by atoms with Crippen molar-refractivity contribution < 1.29 is 19.1 Å². The molecule has 0 bridgehead atoms. The number of carbonyl (C=O) groups excluding carboxylic acids is 3. The van der Waals surface area contributed by atoms with Crippen molar-refractivity contribution in [2.45, 2.75) is 6.92 Å². The average molecular weight is 367 g/mol. The zero-order chi connectivity index (χ0) is 19.2. The molecule has 3 rings (SSSR count).